The highest BCUT2D eigenvalue weighted by atomic mass is 15.3. The first-order valence-corrected chi connectivity index (χ1v) is 9.35. The summed E-state index contributed by atoms with van der Waals surface area (Å²) in [6, 6.07) is 18.5. The number of guanidine groups is 1. The predicted molar refractivity (Wildman–Crippen MR) is 108 cm³/mol. The van der Waals surface area contributed by atoms with Gasteiger partial charge in [0.1, 0.15) is 5.82 Å². The third-order valence-electron chi connectivity index (χ3n) is 4.68. The maximum Gasteiger partial charge on any atom is 0.196 e. The molecule has 6 nitrogen and oxygen atoms in total. The van der Waals surface area contributed by atoms with E-state index in [1.807, 2.05) is 30.3 Å². The fraction of sp³-hybridized carbons (Fsp3) is 0.286. The molecular formula is C21H24N6. The van der Waals surface area contributed by atoms with Gasteiger partial charge < -0.3 is 15.2 Å². The average molecular weight is 360 g/mol. The summed E-state index contributed by atoms with van der Waals surface area (Å²) in [5, 5.41) is 15.4. The van der Waals surface area contributed by atoms with Crippen LogP contribution in [0.3, 0.4) is 0 Å². The summed E-state index contributed by atoms with van der Waals surface area (Å²) in [6.07, 6.45) is 2.16. The number of benzene rings is 2. The fourth-order valence-electron chi connectivity index (χ4n) is 3.17. The van der Waals surface area contributed by atoms with E-state index < -0.39 is 0 Å². The van der Waals surface area contributed by atoms with Gasteiger partial charge in [-0.1, -0.05) is 48.0 Å². The normalized spacial score (nSPS) is 13.4. The molecule has 2 N–H and O–H groups in total. The molecule has 138 valence electrons. The Bertz CT molecular complexity index is 912. The van der Waals surface area contributed by atoms with E-state index in [1.165, 1.54) is 11.1 Å². The summed E-state index contributed by atoms with van der Waals surface area (Å²) in [5.74, 6) is 2.78. The molecule has 0 bridgehead atoms. The molecule has 3 aromatic rings. The maximum atomic E-state index is 4.75. The van der Waals surface area contributed by atoms with Crippen molar-refractivity contribution in [3.05, 3.63) is 77.4 Å². The molecular weight excluding hydrogens is 336 g/mol. The van der Waals surface area contributed by atoms with Crippen LogP contribution in [0, 0.1) is 6.92 Å². The van der Waals surface area contributed by atoms with Gasteiger partial charge in [-0.15, -0.1) is 10.2 Å². The van der Waals surface area contributed by atoms with Crippen LogP contribution in [0.15, 0.2) is 59.6 Å². The standard InChI is InChI=1S/C21H24N6/c1-16-9-11-17(12-10-16)14-22-21(24-18-6-3-2-4-7-18)23-15-20-26-25-19-8-5-13-27(19)20/h2-4,6-7,9-12H,5,8,13-15H2,1H3,(H2,22,23,24). The maximum absolute atomic E-state index is 4.75. The first-order chi connectivity index (χ1) is 13.3. The Kier molecular flexibility index (Phi) is 5.14. The number of nitrogens with one attached hydrogen (secondary N) is 2. The van der Waals surface area contributed by atoms with E-state index >= 15 is 0 Å². The molecule has 0 spiro atoms. The van der Waals surface area contributed by atoms with Crippen LogP contribution < -0.4 is 10.6 Å². The van der Waals surface area contributed by atoms with Crippen LogP contribution in [-0.4, -0.2) is 20.7 Å². The smallest absolute Gasteiger partial charge is 0.196 e. The van der Waals surface area contributed by atoms with Crippen molar-refractivity contribution in [2.24, 2.45) is 4.99 Å². The monoisotopic (exact) mass is 360 g/mol. The molecule has 2 heterocycles. The minimum atomic E-state index is 0.597. The zero-order valence-corrected chi connectivity index (χ0v) is 15.5. The SMILES string of the molecule is Cc1ccc(CN=C(NCc2nnc3n2CCC3)Nc2ccccc2)cc1. The second-order valence-corrected chi connectivity index (χ2v) is 6.78. The van der Waals surface area contributed by atoms with Crippen molar-refractivity contribution in [3.8, 4) is 0 Å². The van der Waals surface area contributed by atoms with E-state index in [4.69, 9.17) is 4.99 Å². The van der Waals surface area contributed by atoms with Crippen molar-refractivity contribution in [1.29, 1.82) is 0 Å². The molecule has 0 atom stereocenters. The third kappa shape index (κ3) is 4.34. The van der Waals surface area contributed by atoms with Gasteiger partial charge in [-0.05, 0) is 31.0 Å². The van der Waals surface area contributed by atoms with Crippen LogP contribution in [0.2, 0.25) is 0 Å². The molecule has 0 saturated heterocycles. The Morgan fingerprint density at radius 2 is 1.89 bits per heavy atom. The summed E-state index contributed by atoms with van der Waals surface area (Å²) in [7, 11) is 0. The molecule has 0 aliphatic carbocycles. The highest BCUT2D eigenvalue weighted by Gasteiger charge is 2.17. The molecule has 4 rings (SSSR count). The Hall–Kier alpha value is -3.15. The highest BCUT2D eigenvalue weighted by Crippen LogP contribution is 2.14. The van der Waals surface area contributed by atoms with Crippen LogP contribution in [-0.2, 0) is 26.1 Å². The van der Waals surface area contributed by atoms with Crippen molar-refractivity contribution >= 4 is 11.6 Å². The van der Waals surface area contributed by atoms with Crippen LogP contribution in [0.4, 0.5) is 5.69 Å². The van der Waals surface area contributed by atoms with Gasteiger partial charge in [0, 0.05) is 18.7 Å². The van der Waals surface area contributed by atoms with Gasteiger partial charge in [0.2, 0.25) is 0 Å². The minimum Gasteiger partial charge on any atom is -0.349 e. The number of aryl methyl sites for hydroxylation is 2. The van der Waals surface area contributed by atoms with Gasteiger partial charge in [-0.2, -0.15) is 0 Å². The summed E-state index contributed by atoms with van der Waals surface area (Å²) < 4.78 is 2.20. The summed E-state index contributed by atoms with van der Waals surface area (Å²) in [5.41, 5.74) is 3.43. The molecule has 1 aliphatic heterocycles. The Balaban J connectivity index is 1.48. The van der Waals surface area contributed by atoms with E-state index in [9.17, 15) is 0 Å². The number of aliphatic imine (C=N–C) groups is 1. The lowest BCUT2D eigenvalue weighted by Gasteiger charge is -2.13. The van der Waals surface area contributed by atoms with E-state index in [-0.39, 0.29) is 0 Å². The van der Waals surface area contributed by atoms with Gasteiger partial charge >= 0.3 is 0 Å². The predicted octanol–water partition coefficient (Wildman–Crippen LogP) is 3.29. The van der Waals surface area contributed by atoms with Crippen LogP contribution in [0.25, 0.3) is 0 Å². The second kappa shape index (κ2) is 8.03. The topological polar surface area (TPSA) is 67.1 Å². The number of aromatic nitrogens is 3. The molecule has 6 heteroatoms. The molecule has 27 heavy (non-hydrogen) atoms. The molecule has 0 radical (unpaired) electrons. The van der Waals surface area contributed by atoms with Crippen molar-refractivity contribution in [1.82, 2.24) is 20.1 Å². The van der Waals surface area contributed by atoms with E-state index in [1.54, 1.807) is 0 Å². The lowest BCUT2D eigenvalue weighted by atomic mass is 10.1. The number of hydrogen-bond acceptors (Lipinski definition) is 3. The number of anilines is 1. The molecule has 0 saturated carbocycles. The van der Waals surface area contributed by atoms with E-state index in [0.717, 1.165) is 42.7 Å². The summed E-state index contributed by atoms with van der Waals surface area (Å²) in [4.78, 5) is 4.75. The van der Waals surface area contributed by atoms with Crippen molar-refractivity contribution in [2.45, 2.75) is 39.4 Å². The lowest BCUT2D eigenvalue weighted by molar-refractivity contribution is 0.669. The van der Waals surface area contributed by atoms with Crippen molar-refractivity contribution < 1.29 is 0 Å². The average Bonchev–Trinajstić information content (AvgIpc) is 3.30. The Labute approximate surface area is 159 Å². The Morgan fingerprint density at radius 1 is 1.07 bits per heavy atom. The zero-order valence-electron chi connectivity index (χ0n) is 15.5. The molecule has 0 fully saturated rings. The fourth-order valence-corrected chi connectivity index (χ4v) is 3.17. The third-order valence-corrected chi connectivity index (χ3v) is 4.68. The van der Waals surface area contributed by atoms with Crippen LogP contribution in [0.1, 0.15) is 29.2 Å². The minimum absolute atomic E-state index is 0.597. The van der Waals surface area contributed by atoms with Gasteiger partial charge in [0.05, 0.1) is 13.1 Å². The largest absolute Gasteiger partial charge is 0.349 e. The van der Waals surface area contributed by atoms with Gasteiger partial charge in [0.15, 0.2) is 11.8 Å². The quantitative estimate of drug-likeness (QED) is 0.541. The number of nitrogens with zero attached hydrogens (tertiary/aromatic N) is 4. The molecule has 0 amide bonds. The first-order valence-electron chi connectivity index (χ1n) is 9.35. The van der Waals surface area contributed by atoms with Crippen molar-refractivity contribution in [2.75, 3.05) is 5.32 Å². The summed E-state index contributed by atoms with van der Waals surface area (Å²) >= 11 is 0. The van der Waals surface area contributed by atoms with E-state index in [2.05, 4.69) is 56.6 Å². The Morgan fingerprint density at radius 3 is 2.70 bits per heavy atom. The van der Waals surface area contributed by atoms with Gasteiger partial charge in [0.25, 0.3) is 0 Å². The van der Waals surface area contributed by atoms with Gasteiger partial charge in [-0.3, -0.25) is 0 Å². The number of fused-ring (bicyclic) bond motifs is 1. The van der Waals surface area contributed by atoms with Crippen LogP contribution >= 0.6 is 0 Å². The molecule has 2 aromatic carbocycles. The van der Waals surface area contributed by atoms with Crippen molar-refractivity contribution in [3.63, 3.8) is 0 Å². The lowest BCUT2D eigenvalue weighted by Crippen LogP contribution is -2.31. The number of para-hydroxylation sites is 1. The molecule has 1 aromatic heterocycles. The highest BCUT2D eigenvalue weighted by molar-refractivity contribution is 5.93. The van der Waals surface area contributed by atoms with Gasteiger partial charge in [-0.25, -0.2) is 4.99 Å². The zero-order chi connectivity index (χ0) is 18.5. The van der Waals surface area contributed by atoms with E-state index in [0.29, 0.717) is 13.1 Å². The molecule has 1 aliphatic rings. The molecule has 0 unspecified atom stereocenters. The summed E-state index contributed by atoms with van der Waals surface area (Å²) in [6.45, 7) is 4.30. The first kappa shape index (κ1) is 17.3. The number of rotatable bonds is 5. The number of hydrogen-bond donors (Lipinski definition) is 2. The second-order valence-electron chi connectivity index (χ2n) is 6.78. The van der Waals surface area contributed by atoms with Crippen LogP contribution in [0.5, 0.6) is 0 Å².